The van der Waals surface area contributed by atoms with E-state index in [4.69, 9.17) is 0 Å². The molecule has 7 heteroatoms. The molecular formula is C17H18N4O2S. The van der Waals surface area contributed by atoms with Crippen molar-refractivity contribution in [3.63, 3.8) is 0 Å². The molecule has 1 saturated heterocycles. The summed E-state index contributed by atoms with van der Waals surface area (Å²) < 4.78 is 26.7. The number of benzene rings is 1. The minimum absolute atomic E-state index is 0.231. The molecule has 0 bridgehead atoms. The van der Waals surface area contributed by atoms with E-state index < -0.39 is 10.0 Å². The highest BCUT2D eigenvalue weighted by molar-refractivity contribution is 7.89. The molecule has 6 nitrogen and oxygen atoms in total. The van der Waals surface area contributed by atoms with Crippen LogP contribution in [0.5, 0.6) is 0 Å². The van der Waals surface area contributed by atoms with Gasteiger partial charge in [0.1, 0.15) is 4.90 Å². The highest BCUT2D eigenvalue weighted by Gasteiger charge is 2.33. The SMILES string of the molecule is O=S(=O)(c1cn[nH]c1)N1CC[C@H](Cc2cncc3ccccc23)C1. The maximum atomic E-state index is 12.6. The third-order valence-corrected chi connectivity index (χ3v) is 6.45. The fraction of sp³-hybridized carbons (Fsp3) is 0.294. The van der Waals surface area contributed by atoms with E-state index in [1.807, 2.05) is 24.5 Å². The van der Waals surface area contributed by atoms with Gasteiger partial charge in [-0.15, -0.1) is 0 Å². The summed E-state index contributed by atoms with van der Waals surface area (Å²) in [7, 11) is -3.44. The van der Waals surface area contributed by atoms with Gasteiger partial charge in [-0.2, -0.15) is 9.40 Å². The first-order valence-electron chi connectivity index (χ1n) is 7.95. The van der Waals surface area contributed by atoms with Gasteiger partial charge in [-0.3, -0.25) is 10.1 Å². The van der Waals surface area contributed by atoms with Crippen molar-refractivity contribution in [3.8, 4) is 0 Å². The van der Waals surface area contributed by atoms with Gasteiger partial charge in [0.25, 0.3) is 0 Å². The molecule has 124 valence electrons. The lowest BCUT2D eigenvalue weighted by Crippen LogP contribution is -2.28. The van der Waals surface area contributed by atoms with Crippen molar-refractivity contribution < 1.29 is 8.42 Å². The first kappa shape index (κ1) is 15.3. The zero-order chi connectivity index (χ0) is 16.6. The van der Waals surface area contributed by atoms with Crippen molar-refractivity contribution in [3.05, 3.63) is 54.6 Å². The Morgan fingerprint density at radius 2 is 2.08 bits per heavy atom. The molecule has 0 aliphatic carbocycles. The number of aromatic amines is 1. The Morgan fingerprint density at radius 3 is 2.92 bits per heavy atom. The van der Waals surface area contributed by atoms with Crippen molar-refractivity contribution in [2.45, 2.75) is 17.7 Å². The summed E-state index contributed by atoms with van der Waals surface area (Å²) in [5, 5.41) is 8.63. The van der Waals surface area contributed by atoms with Gasteiger partial charge < -0.3 is 0 Å². The molecule has 3 heterocycles. The molecule has 1 aliphatic heterocycles. The van der Waals surface area contributed by atoms with Gasteiger partial charge >= 0.3 is 0 Å². The van der Waals surface area contributed by atoms with Gasteiger partial charge in [0.05, 0.1) is 6.20 Å². The van der Waals surface area contributed by atoms with Crippen LogP contribution in [0.4, 0.5) is 0 Å². The molecular weight excluding hydrogens is 324 g/mol. The lowest BCUT2D eigenvalue weighted by Gasteiger charge is -2.15. The summed E-state index contributed by atoms with van der Waals surface area (Å²) in [6.07, 6.45) is 8.25. The Morgan fingerprint density at radius 1 is 1.21 bits per heavy atom. The summed E-state index contributed by atoms with van der Waals surface area (Å²) in [5.41, 5.74) is 1.18. The van der Waals surface area contributed by atoms with Crippen LogP contribution in [0.3, 0.4) is 0 Å². The van der Waals surface area contributed by atoms with Crippen LogP contribution in [-0.2, 0) is 16.4 Å². The zero-order valence-electron chi connectivity index (χ0n) is 13.1. The van der Waals surface area contributed by atoms with E-state index >= 15 is 0 Å². The van der Waals surface area contributed by atoms with E-state index in [0.29, 0.717) is 19.0 Å². The number of aromatic nitrogens is 3. The lowest BCUT2D eigenvalue weighted by molar-refractivity contribution is 0.456. The van der Waals surface area contributed by atoms with E-state index in [1.54, 1.807) is 4.31 Å². The fourth-order valence-electron chi connectivity index (χ4n) is 3.36. The van der Waals surface area contributed by atoms with Gasteiger partial charge in [-0.25, -0.2) is 8.42 Å². The van der Waals surface area contributed by atoms with E-state index in [9.17, 15) is 8.42 Å². The number of nitrogens with one attached hydrogen (secondary N) is 1. The summed E-state index contributed by atoms with van der Waals surface area (Å²) in [6, 6.07) is 8.18. The summed E-state index contributed by atoms with van der Waals surface area (Å²) in [6.45, 7) is 1.09. The number of pyridine rings is 1. The van der Waals surface area contributed by atoms with E-state index in [2.05, 4.69) is 27.3 Å². The van der Waals surface area contributed by atoms with Gasteiger partial charge in [0.2, 0.25) is 10.0 Å². The Balaban J connectivity index is 1.53. The van der Waals surface area contributed by atoms with Crippen LogP contribution in [0.2, 0.25) is 0 Å². The number of hydrogen-bond donors (Lipinski definition) is 1. The van der Waals surface area contributed by atoms with E-state index in [0.717, 1.165) is 18.2 Å². The monoisotopic (exact) mass is 342 g/mol. The van der Waals surface area contributed by atoms with Crippen molar-refractivity contribution in [1.29, 1.82) is 0 Å². The smallest absolute Gasteiger partial charge is 0.246 e. The molecule has 1 aliphatic rings. The quantitative estimate of drug-likeness (QED) is 0.788. The Bertz CT molecular complexity index is 948. The molecule has 1 N–H and O–H groups in total. The van der Waals surface area contributed by atoms with Crippen molar-refractivity contribution in [1.82, 2.24) is 19.5 Å². The Kier molecular flexibility index (Phi) is 3.82. The predicted octanol–water partition coefficient (Wildman–Crippen LogP) is 2.21. The van der Waals surface area contributed by atoms with Crippen LogP contribution in [0.1, 0.15) is 12.0 Å². The Labute approximate surface area is 140 Å². The third kappa shape index (κ3) is 2.70. The molecule has 3 aromatic rings. The van der Waals surface area contributed by atoms with Crippen molar-refractivity contribution in [2.24, 2.45) is 5.92 Å². The van der Waals surface area contributed by atoms with Crippen LogP contribution in [0.25, 0.3) is 10.8 Å². The molecule has 2 aromatic heterocycles. The van der Waals surface area contributed by atoms with Gasteiger partial charge in [0, 0.05) is 37.1 Å². The second-order valence-corrected chi connectivity index (χ2v) is 8.11. The number of nitrogens with zero attached hydrogens (tertiary/aromatic N) is 3. The number of fused-ring (bicyclic) bond motifs is 1. The highest BCUT2D eigenvalue weighted by atomic mass is 32.2. The maximum absolute atomic E-state index is 12.6. The molecule has 1 atom stereocenters. The summed E-state index contributed by atoms with van der Waals surface area (Å²) in [4.78, 5) is 4.55. The van der Waals surface area contributed by atoms with Crippen LogP contribution in [-0.4, -0.2) is 41.0 Å². The van der Waals surface area contributed by atoms with Crippen LogP contribution in [0, 0.1) is 5.92 Å². The molecule has 4 rings (SSSR count). The minimum atomic E-state index is -3.44. The predicted molar refractivity (Wildman–Crippen MR) is 90.9 cm³/mol. The average Bonchev–Trinajstić information content (AvgIpc) is 3.28. The minimum Gasteiger partial charge on any atom is -0.284 e. The second kappa shape index (κ2) is 5.99. The molecule has 1 aromatic carbocycles. The molecule has 0 spiro atoms. The van der Waals surface area contributed by atoms with Crippen molar-refractivity contribution >= 4 is 20.8 Å². The zero-order valence-corrected chi connectivity index (χ0v) is 13.9. The molecule has 1 fully saturated rings. The fourth-order valence-corrected chi connectivity index (χ4v) is 4.80. The van der Waals surface area contributed by atoms with Gasteiger partial charge in [0.15, 0.2) is 0 Å². The summed E-state index contributed by atoms with van der Waals surface area (Å²) >= 11 is 0. The Hall–Kier alpha value is -2.25. The van der Waals surface area contributed by atoms with Crippen molar-refractivity contribution in [2.75, 3.05) is 13.1 Å². The number of rotatable bonds is 4. The van der Waals surface area contributed by atoms with Crippen LogP contribution >= 0.6 is 0 Å². The highest BCUT2D eigenvalue weighted by Crippen LogP contribution is 2.28. The lowest BCUT2D eigenvalue weighted by atomic mass is 9.96. The number of sulfonamides is 1. The van der Waals surface area contributed by atoms with Gasteiger partial charge in [-0.05, 0) is 29.7 Å². The molecule has 0 amide bonds. The molecule has 24 heavy (non-hydrogen) atoms. The summed E-state index contributed by atoms with van der Waals surface area (Å²) in [5.74, 6) is 0.305. The largest absolute Gasteiger partial charge is 0.284 e. The normalized spacial score (nSPS) is 19.1. The van der Waals surface area contributed by atoms with Crippen LogP contribution < -0.4 is 0 Å². The van der Waals surface area contributed by atoms with Gasteiger partial charge in [-0.1, -0.05) is 24.3 Å². The molecule has 0 radical (unpaired) electrons. The topological polar surface area (TPSA) is 79.0 Å². The maximum Gasteiger partial charge on any atom is 0.246 e. The first-order chi connectivity index (χ1) is 11.6. The molecule has 0 saturated carbocycles. The molecule has 0 unspecified atom stereocenters. The standard InChI is InChI=1S/C17H18N4O2S/c22-24(23,16-10-19-20-11-16)21-6-5-13(12-21)7-15-9-18-8-14-3-1-2-4-17(14)15/h1-4,8-11,13H,5-7,12H2,(H,19,20)/t13-/m1/s1. The number of H-pyrrole nitrogens is 1. The third-order valence-electron chi connectivity index (χ3n) is 4.62. The second-order valence-electron chi connectivity index (χ2n) is 6.18. The van der Waals surface area contributed by atoms with E-state index in [-0.39, 0.29) is 4.90 Å². The average molecular weight is 342 g/mol. The van der Waals surface area contributed by atoms with E-state index in [1.165, 1.54) is 23.3 Å². The number of hydrogen-bond acceptors (Lipinski definition) is 4. The van der Waals surface area contributed by atoms with Crippen LogP contribution in [0.15, 0.2) is 53.9 Å². The first-order valence-corrected chi connectivity index (χ1v) is 9.39.